The summed E-state index contributed by atoms with van der Waals surface area (Å²) in [5.41, 5.74) is 7.86. The van der Waals surface area contributed by atoms with Gasteiger partial charge in [-0.2, -0.15) is 0 Å². The van der Waals surface area contributed by atoms with Gasteiger partial charge in [-0.3, -0.25) is 4.79 Å². The van der Waals surface area contributed by atoms with Crippen molar-refractivity contribution >= 4 is 5.78 Å². The van der Waals surface area contributed by atoms with Gasteiger partial charge in [-0.25, -0.2) is 0 Å². The topological polar surface area (TPSA) is 68.7 Å². The van der Waals surface area contributed by atoms with Crippen LogP contribution in [0.4, 0.5) is 0 Å². The zero-order valence-corrected chi connectivity index (χ0v) is 22.3. The van der Waals surface area contributed by atoms with Crippen molar-refractivity contribution in [3.05, 3.63) is 77.2 Å². The minimum Gasteiger partial charge on any atom is -0.540 e. The Morgan fingerprint density at radius 1 is 1.03 bits per heavy atom. The Morgan fingerprint density at radius 2 is 1.67 bits per heavy atom. The molecule has 1 N–H and O–H groups in total. The molecule has 0 spiro atoms. The Balaban J connectivity index is 0.000000595. The largest absolute Gasteiger partial charge is 0.540 e. The molecule has 0 aliphatic carbocycles. The molecule has 3 aromatic rings. The van der Waals surface area contributed by atoms with Crippen LogP contribution in [0, 0.1) is 26.8 Å². The molecule has 0 amide bonds. The third-order valence-electron chi connectivity index (χ3n) is 4.73. The number of hydrogen-bond acceptors (Lipinski definition) is 5. The number of aromatic nitrogens is 1. The van der Waals surface area contributed by atoms with E-state index in [9.17, 15) is 4.79 Å². The summed E-state index contributed by atoms with van der Waals surface area (Å²) in [6, 6.07) is 15.4. The van der Waals surface area contributed by atoms with Crippen molar-refractivity contribution in [3.63, 3.8) is 0 Å². The molecule has 0 saturated carbocycles. The molecule has 5 nitrogen and oxygen atoms in total. The predicted octanol–water partition coefficient (Wildman–Crippen LogP) is 6.19. The van der Waals surface area contributed by atoms with Crippen LogP contribution in [0.5, 0.6) is 11.5 Å². The van der Waals surface area contributed by atoms with E-state index in [0.29, 0.717) is 11.5 Å². The van der Waals surface area contributed by atoms with Gasteiger partial charge in [0.15, 0.2) is 5.78 Å². The van der Waals surface area contributed by atoms with Gasteiger partial charge < -0.3 is 19.6 Å². The number of rotatable bonds is 5. The normalized spacial score (nSPS) is 10.5. The van der Waals surface area contributed by atoms with Crippen molar-refractivity contribution in [2.24, 2.45) is 0 Å². The van der Waals surface area contributed by atoms with Crippen LogP contribution < -0.4 is 9.47 Å². The average Bonchev–Trinajstić information content (AvgIpc) is 2.72. The second kappa shape index (κ2) is 13.0. The maximum atomic E-state index is 10.0. The molecule has 33 heavy (non-hydrogen) atoms. The molecule has 0 unspecified atom stereocenters. The van der Waals surface area contributed by atoms with E-state index in [1.807, 2.05) is 18.3 Å². The molecule has 0 atom stereocenters. The average molecular weight is 628 g/mol. The number of pyridine rings is 1. The van der Waals surface area contributed by atoms with Gasteiger partial charge in [0.2, 0.25) is 0 Å². The van der Waals surface area contributed by atoms with E-state index in [0.717, 1.165) is 16.8 Å². The van der Waals surface area contributed by atoms with E-state index < -0.39 is 0 Å². The molecule has 0 aliphatic rings. The maximum Gasteiger partial charge on any atom is 0.155 e. The van der Waals surface area contributed by atoms with Crippen molar-refractivity contribution in [1.82, 2.24) is 4.98 Å². The zero-order valence-electron chi connectivity index (χ0n) is 20.1. The number of aryl methyl sites for hydroxylation is 3. The molecule has 0 aliphatic heterocycles. The summed E-state index contributed by atoms with van der Waals surface area (Å²) in [6.45, 7) is 9.27. The molecular weight excluding hydrogens is 597 g/mol. The van der Waals surface area contributed by atoms with Crippen molar-refractivity contribution in [1.29, 1.82) is 0 Å². The smallest absolute Gasteiger partial charge is 0.155 e. The van der Waals surface area contributed by atoms with Gasteiger partial charge >= 0.3 is 0 Å². The summed E-state index contributed by atoms with van der Waals surface area (Å²) in [6.07, 6.45) is 3.00. The molecule has 178 valence electrons. The number of benzene rings is 2. The molecule has 1 heterocycles. The minimum absolute atomic E-state index is 0. The van der Waals surface area contributed by atoms with Gasteiger partial charge in [-0.1, -0.05) is 35.4 Å². The third kappa shape index (κ3) is 7.87. The monoisotopic (exact) mass is 627 g/mol. The molecule has 0 radical (unpaired) electrons. The molecule has 0 saturated heterocycles. The van der Waals surface area contributed by atoms with Crippen LogP contribution in [-0.4, -0.2) is 30.1 Å². The number of carbonyl (C=O) groups is 1. The molecular formula is C27H30NO4Pt-. The zero-order chi connectivity index (χ0) is 23.8. The maximum absolute atomic E-state index is 10.0. The number of hydrogen-bond donors (Lipinski definition) is 1. The molecule has 1 aromatic heterocycles. The molecule has 0 fully saturated rings. The number of aliphatic hydroxyl groups excluding tert-OH is 1. The predicted molar refractivity (Wildman–Crippen MR) is 128 cm³/mol. The summed E-state index contributed by atoms with van der Waals surface area (Å²) in [7, 11) is 3.27. The van der Waals surface area contributed by atoms with Crippen LogP contribution in [0.15, 0.2) is 54.4 Å². The van der Waals surface area contributed by atoms with Crippen molar-refractivity contribution < 1.29 is 40.4 Å². The van der Waals surface area contributed by atoms with Gasteiger partial charge in [0.05, 0.1) is 20.0 Å². The fourth-order valence-electron chi connectivity index (χ4n) is 3.59. The van der Waals surface area contributed by atoms with Crippen molar-refractivity contribution in [2.75, 3.05) is 14.2 Å². The molecule has 2 aromatic carbocycles. The van der Waals surface area contributed by atoms with Gasteiger partial charge in [-0.15, -0.1) is 12.1 Å². The summed E-state index contributed by atoms with van der Waals surface area (Å²) in [5, 5.41) is 8.36. The van der Waals surface area contributed by atoms with E-state index in [1.165, 1.54) is 42.2 Å². The first kappa shape index (κ1) is 28.1. The van der Waals surface area contributed by atoms with E-state index in [4.69, 9.17) is 14.6 Å². The summed E-state index contributed by atoms with van der Waals surface area (Å²) < 4.78 is 10.8. The van der Waals surface area contributed by atoms with Crippen molar-refractivity contribution in [2.45, 2.75) is 34.6 Å². The summed E-state index contributed by atoms with van der Waals surface area (Å²) >= 11 is 0. The fourth-order valence-corrected chi connectivity index (χ4v) is 3.59. The number of aliphatic hydroxyl groups is 1. The van der Waals surface area contributed by atoms with Gasteiger partial charge in [-0.05, 0) is 68.6 Å². The first-order valence-electron chi connectivity index (χ1n) is 10.2. The first-order valence-corrected chi connectivity index (χ1v) is 10.2. The summed E-state index contributed by atoms with van der Waals surface area (Å²) in [4.78, 5) is 14.5. The Morgan fingerprint density at radius 3 is 2.15 bits per heavy atom. The number of ether oxygens (including phenoxy) is 2. The number of ketones is 1. The Hall–Kier alpha value is -2.91. The van der Waals surface area contributed by atoms with E-state index >= 15 is 0 Å². The molecule has 6 heteroatoms. The van der Waals surface area contributed by atoms with Crippen LogP contribution in [0.3, 0.4) is 0 Å². The van der Waals surface area contributed by atoms with Gasteiger partial charge in [0, 0.05) is 44.8 Å². The van der Waals surface area contributed by atoms with Crippen LogP contribution in [0.2, 0.25) is 0 Å². The second-order valence-electron chi connectivity index (χ2n) is 7.58. The van der Waals surface area contributed by atoms with Crippen LogP contribution in [0.25, 0.3) is 22.4 Å². The van der Waals surface area contributed by atoms with E-state index in [-0.39, 0.29) is 32.6 Å². The Labute approximate surface area is 210 Å². The van der Waals surface area contributed by atoms with Gasteiger partial charge in [0.1, 0.15) is 0 Å². The van der Waals surface area contributed by atoms with Crippen LogP contribution in [-0.2, 0) is 25.9 Å². The SMILES string of the molecule is CC(=O)/C=C(/C)O.COc1c[c-]c(-c2cc(-c3c(C)cc(C)cc3C)ccn2)c(OC)c1.[Pt]. The Bertz CT molecular complexity index is 1110. The third-order valence-corrected chi connectivity index (χ3v) is 4.73. The Kier molecular flexibility index (Phi) is 11.0. The van der Waals surface area contributed by atoms with Crippen molar-refractivity contribution in [3.8, 4) is 33.9 Å². The number of nitrogens with zero attached hydrogens (tertiary/aromatic N) is 1. The quantitative estimate of drug-likeness (QED) is 0.208. The van der Waals surface area contributed by atoms with E-state index in [1.54, 1.807) is 20.3 Å². The second-order valence-corrected chi connectivity index (χ2v) is 7.58. The molecule has 3 rings (SSSR count). The number of allylic oxidation sites excluding steroid dienone is 2. The van der Waals surface area contributed by atoms with E-state index in [2.05, 4.69) is 50.0 Å². The first-order chi connectivity index (χ1) is 15.2. The van der Waals surface area contributed by atoms with Crippen LogP contribution >= 0.6 is 0 Å². The summed E-state index contributed by atoms with van der Waals surface area (Å²) in [5.74, 6) is 1.34. The number of carbonyl (C=O) groups excluding carboxylic acids is 1. The number of methoxy groups -OCH3 is 2. The van der Waals surface area contributed by atoms with Gasteiger partial charge in [0.25, 0.3) is 0 Å². The molecule has 0 bridgehead atoms. The minimum atomic E-state index is -0.125. The fraction of sp³-hybridized carbons (Fsp3) is 0.259. The standard InChI is InChI=1S/C22H22NO2.C5H8O2.Pt/c1-14-10-15(2)22(16(3)11-14)17-8-9-23-20(12-17)19-7-6-18(24-4)13-21(19)25-5;1-4(6)3-5(2)7;/h6,8-13H,1-5H3;3,6H,1-2H3;/q-1;;/b;4-3-;. The van der Waals surface area contributed by atoms with Crippen LogP contribution in [0.1, 0.15) is 30.5 Å².